The van der Waals surface area contributed by atoms with E-state index in [9.17, 15) is 9.59 Å². The minimum absolute atomic E-state index is 0.558. The number of hydrogen-bond acceptors (Lipinski definition) is 2. The van der Waals surface area contributed by atoms with Gasteiger partial charge in [-0.25, -0.2) is 9.59 Å². The standard InChI is InChI=1S/C6H5Br.C4H4O4/c7-6-4-2-1-3-5-6;5-3(6)1-2-4(7)8/h1-5H;1-2H,(H,5,6)(H,7,8)/b;2-1-. The molecule has 0 radical (unpaired) electrons. The van der Waals surface area contributed by atoms with Crippen molar-refractivity contribution in [2.45, 2.75) is 0 Å². The summed E-state index contributed by atoms with van der Waals surface area (Å²) in [6.45, 7) is 0. The highest BCUT2D eigenvalue weighted by Gasteiger charge is 1.88. The third-order valence-electron chi connectivity index (χ3n) is 1.10. The van der Waals surface area contributed by atoms with Gasteiger partial charge in [0.25, 0.3) is 0 Å². The van der Waals surface area contributed by atoms with Crippen LogP contribution in [0.25, 0.3) is 0 Å². The molecular weight excluding hydrogens is 264 g/mol. The molecule has 0 aliphatic rings. The number of benzene rings is 1. The molecule has 1 rings (SSSR count). The van der Waals surface area contributed by atoms with Crippen molar-refractivity contribution in [2.24, 2.45) is 0 Å². The first kappa shape index (κ1) is 13.4. The van der Waals surface area contributed by atoms with E-state index in [2.05, 4.69) is 15.9 Å². The number of hydrogen-bond donors (Lipinski definition) is 2. The van der Waals surface area contributed by atoms with E-state index in [1.54, 1.807) is 0 Å². The number of rotatable bonds is 2. The van der Waals surface area contributed by atoms with Gasteiger partial charge in [0, 0.05) is 16.6 Å². The Balaban J connectivity index is 0.000000262. The Bertz CT molecular complexity index is 330. The Kier molecular flexibility index (Phi) is 6.92. The highest BCUT2D eigenvalue weighted by Crippen LogP contribution is 2.05. The molecule has 15 heavy (non-hydrogen) atoms. The Morgan fingerprint density at radius 1 is 1.00 bits per heavy atom. The molecule has 80 valence electrons. The summed E-state index contributed by atoms with van der Waals surface area (Å²) >= 11 is 3.31. The molecule has 0 unspecified atom stereocenters. The highest BCUT2D eigenvalue weighted by molar-refractivity contribution is 9.10. The molecule has 0 fully saturated rings. The van der Waals surface area contributed by atoms with Crippen LogP contribution in [0, 0.1) is 0 Å². The molecule has 5 heteroatoms. The summed E-state index contributed by atoms with van der Waals surface area (Å²) in [5.41, 5.74) is 0. The van der Waals surface area contributed by atoms with E-state index >= 15 is 0 Å². The number of carboxylic acid groups (broad SMARTS) is 2. The van der Waals surface area contributed by atoms with Gasteiger partial charge in [-0.05, 0) is 12.1 Å². The third kappa shape index (κ3) is 10.3. The zero-order valence-electron chi connectivity index (χ0n) is 7.63. The summed E-state index contributed by atoms with van der Waals surface area (Å²) < 4.78 is 1.13. The first-order chi connectivity index (χ1) is 7.02. The number of halogens is 1. The van der Waals surface area contributed by atoms with Crippen LogP contribution in [-0.4, -0.2) is 22.2 Å². The predicted octanol–water partition coefficient (Wildman–Crippen LogP) is 2.16. The average molecular weight is 273 g/mol. The summed E-state index contributed by atoms with van der Waals surface area (Å²) in [4.78, 5) is 19.1. The van der Waals surface area contributed by atoms with Crippen LogP contribution in [0.15, 0.2) is 47.0 Å². The molecule has 0 saturated carbocycles. The maximum Gasteiger partial charge on any atom is 0.328 e. The lowest BCUT2D eigenvalue weighted by Gasteiger charge is -1.80. The van der Waals surface area contributed by atoms with E-state index in [1.807, 2.05) is 30.3 Å². The lowest BCUT2D eigenvalue weighted by Crippen LogP contribution is -1.91. The minimum Gasteiger partial charge on any atom is -0.478 e. The van der Waals surface area contributed by atoms with E-state index in [0.717, 1.165) is 4.47 Å². The van der Waals surface area contributed by atoms with Crippen LogP contribution < -0.4 is 0 Å². The van der Waals surface area contributed by atoms with Gasteiger partial charge < -0.3 is 10.2 Å². The summed E-state index contributed by atoms with van der Waals surface area (Å²) in [5.74, 6) is -2.51. The summed E-state index contributed by atoms with van der Waals surface area (Å²) in [7, 11) is 0. The summed E-state index contributed by atoms with van der Waals surface area (Å²) in [5, 5.41) is 15.6. The summed E-state index contributed by atoms with van der Waals surface area (Å²) in [6.07, 6.45) is 1.12. The molecule has 0 bridgehead atoms. The minimum atomic E-state index is -1.26. The Morgan fingerprint density at radius 3 is 1.60 bits per heavy atom. The average Bonchev–Trinajstić information content (AvgIpc) is 2.17. The fourth-order valence-corrected chi connectivity index (χ4v) is 0.862. The molecule has 0 amide bonds. The van der Waals surface area contributed by atoms with Crippen molar-refractivity contribution in [3.63, 3.8) is 0 Å². The van der Waals surface area contributed by atoms with Gasteiger partial charge in [-0.2, -0.15) is 0 Å². The van der Waals surface area contributed by atoms with Crippen molar-refractivity contribution in [3.8, 4) is 0 Å². The van der Waals surface area contributed by atoms with Gasteiger partial charge in [-0.1, -0.05) is 34.1 Å². The number of aliphatic carboxylic acids is 2. The molecule has 4 nitrogen and oxygen atoms in total. The molecular formula is C10H9BrO4. The van der Waals surface area contributed by atoms with E-state index < -0.39 is 11.9 Å². The van der Waals surface area contributed by atoms with E-state index in [0.29, 0.717) is 12.2 Å². The molecule has 2 N–H and O–H groups in total. The van der Waals surface area contributed by atoms with Crippen LogP contribution in [0.2, 0.25) is 0 Å². The van der Waals surface area contributed by atoms with Crippen LogP contribution in [-0.2, 0) is 9.59 Å². The smallest absolute Gasteiger partial charge is 0.328 e. The number of carboxylic acids is 2. The largest absolute Gasteiger partial charge is 0.478 e. The quantitative estimate of drug-likeness (QED) is 0.810. The molecule has 0 aromatic heterocycles. The fourth-order valence-electron chi connectivity index (χ4n) is 0.557. The van der Waals surface area contributed by atoms with E-state index in [1.165, 1.54) is 0 Å². The van der Waals surface area contributed by atoms with Gasteiger partial charge in [0.05, 0.1) is 0 Å². The Labute approximate surface area is 95.0 Å². The number of carbonyl (C=O) groups is 2. The molecule has 0 saturated heterocycles. The second-order valence-electron chi connectivity index (χ2n) is 2.31. The third-order valence-corrected chi connectivity index (χ3v) is 1.63. The van der Waals surface area contributed by atoms with Crippen molar-refractivity contribution >= 4 is 27.9 Å². The Morgan fingerprint density at radius 2 is 1.40 bits per heavy atom. The summed E-state index contributed by atoms with van der Waals surface area (Å²) in [6, 6.07) is 9.97. The van der Waals surface area contributed by atoms with Crippen LogP contribution in [0.3, 0.4) is 0 Å². The molecule has 0 aliphatic carbocycles. The first-order valence-electron chi connectivity index (χ1n) is 3.87. The van der Waals surface area contributed by atoms with Crippen LogP contribution in [0.5, 0.6) is 0 Å². The second-order valence-corrected chi connectivity index (χ2v) is 3.22. The lowest BCUT2D eigenvalue weighted by molar-refractivity contribution is -0.134. The topological polar surface area (TPSA) is 74.6 Å². The molecule has 0 spiro atoms. The maximum atomic E-state index is 9.55. The molecule has 0 heterocycles. The molecule has 1 aromatic rings. The van der Waals surface area contributed by atoms with Crippen molar-refractivity contribution < 1.29 is 19.8 Å². The lowest BCUT2D eigenvalue weighted by atomic mass is 10.4. The van der Waals surface area contributed by atoms with E-state index in [4.69, 9.17) is 10.2 Å². The van der Waals surface area contributed by atoms with Gasteiger partial charge in [0.2, 0.25) is 0 Å². The van der Waals surface area contributed by atoms with Gasteiger partial charge in [-0.15, -0.1) is 0 Å². The van der Waals surface area contributed by atoms with Gasteiger partial charge in [0.1, 0.15) is 0 Å². The fraction of sp³-hybridized carbons (Fsp3) is 0. The first-order valence-corrected chi connectivity index (χ1v) is 4.66. The van der Waals surface area contributed by atoms with Crippen molar-refractivity contribution in [3.05, 3.63) is 47.0 Å². The monoisotopic (exact) mass is 272 g/mol. The Hall–Kier alpha value is -1.62. The molecule has 0 aliphatic heterocycles. The van der Waals surface area contributed by atoms with Crippen LogP contribution in [0.1, 0.15) is 0 Å². The SMILES string of the molecule is Brc1ccccc1.O=C(O)/C=C\C(=O)O. The highest BCUT2D eigenvalue weighted by atomic mass is 79.9. The van der Waals surface area contributed by atoms with Crippen LogP contribution in [0.4, 0.5) is 0 Å². The van der Waals surface area contributed by atoms with Crippen molar-refractivity contribution in [1.29, 1.82) is 0 Å². The normalized spacial score (nSPS) is 9.13. The predicted molar refractivity (Wildman–Crippen MR) is 58.6 cm³/mol. The zero-order valence-corrected chi connectivity index (χ0v) is 9.22. The van der Waals surface area contributed by atoms with Crippen molar-refractivity contribution in [1.82, 2.24) is 0 Å². The van der Waals surface area contributed by atoms with E-state index in [-0.39, 0.29) is 0 Å². The van der Waals surface area contributed by atoms with Gasteiger partial charge >= 0.3 is 11.9 Å². The zero-order chi connectivity index (χ0) is 11.7. The van der Waals surface area contributed by atoms with Crippen LogP contribution >= 0.6 is 15.9 Å². The molecule has 0 atom stereocenters. The van der Waals surface area contributed by atoms with Crippen molar-refractivity contribution in [2.75, 3.05) is 0 Å². The maximum absolute atomic E-state index is 9.55. The van der Waals surface area contributed by atoms with Gasteiger partial charge in [-0.3, -0.25) is 0 Å². The second kappa shape index (κ2) is 7.75. The molecule has 1 aromatic carbocycles. The van der Waals surface area contributed by atoms with Gasteiger partial charge in [0.15, 0.2) is 0 Å².